The van der Waals surface area contributed by atoms with Crippen molar-refractivity contribution in [3.63, 3.8) is 0 Å². The van der Waals surface area contributed by atoms with Crippen molar-refractivity contribution >= 4 is 11.3 Å². The Kier molecular flexibility index (Phi) is 3.12. The van der Waals surface area contributed by atoms with Crippen molar-refractivity contribution in [1.29, 1.82) is 0 Å². The molecule has 0 bridgehead atoms. The van der Waals surface area contributed by atoms with E-state index in [9.17, 15) is 4.39 Å². The molecule has 4 rings (SSSR count). The average molecular weight is 302 g/mol. The molecule has 2 nitrogen and oxygen atoms in total. The second-order valence-corrected chi connectivity index (χ2v) is 7.42. The molecule has 110 valence electrons. The molecule has 0 amide bonds. The number of halogens is 1. The van der Waals surface area contributed by atoms with E-state index >= 15 is 0 Å². The van der Waals surface area contributed by atoms with E-state index < -0.39 is 0 Å². The molecule has 1 aromatic carbocycles. The van der Waals surface area contributed by atoms with Gasteiger partial charge in [0, 0.05) is 16.9 Å². The Labute approximate surface area is 128 Å². The molecule has 2 aliphatic rings. The van der Waals surface area contributed by atoms with Crippen LogP contribution in [0.4, 0.5) is 4.39 Å². The minimum absolute atomic E-state index is 0.164. The van der Waals surface area contributed by atoms with E-state index in [1.807, 2.05) is 6.07 Å². The van der Waals surface area contributed by atoms with Crippen LogP contribution in [-0.4, -0.2) is 4.98 Å². The van der Waals surface area contributed by atoms with Gasteiger partial charge in [0.1, 0.15) is 10.8 Å². The van der Waals surface area contributed by atoms with E-state index in [0.717, 1.165) is 41.1 Å². The number of aromatic nitrogens is 1. The SMILES string of the molecule is NC1(c2nc3c(s2)Cc2cc(F)ccc2-3)CCCCCC1. The minimum Gasteiger partial charge on any atom is -0.319 e. The Morgan fingerprint density at radius 2 is 1.90 bits per heavy atom. The average Bonchev–Trinajstić information content (AvgIpc) is 2.92. The molecule has 21 heavy (non-hydrogen) atoms. The van der Waals surface area contributed by atoms with Crippen LogP contribution in [0.2, 0.25) is 0 Å². The Balaban J connectivity index is 1.73. The largest absolute Gasteiger partial charge is 0.319 e. The zero-order valence-corrected chi connectivity index (χ0v) is 12.8. The lowest BCUT2D eigenvalue weighted by atomic mass is 9.92. The quantitative estimate of drug-likeness (QED) is 0.678. The van der Waals surface area contributed by atoms with Crippen molar-refractivity contribution < 1.29 is 4.39 Å². The molecule has 4 heteroatoms. The first-order valence-electron chi connectivity index (χ1n) is 7.74. The molecule has 2 aliphatic carbocycles. The number of nitrogens with two attached hydrogens (primary N) is 1. The fourth-order valence-electron chi connectivity index (χ4n) is 3.58. The van der Waals surface area contributed by atoms with E-state index in [1.54, 1.807) is 17.4 Å². The predicted octanol–water partition coefficient (Wildman–Crippen LogP) is 4.36. The second kappa shape index (κ2) is 4.89. The molecule has 1 fully saturated rings. The van der Waals surface area contributed by atoms with E-state index in [0.29, 0.717) is 0 Å². The second-order valence-electron chi connectivity index (χ2n) is 6.34. The highest BCUT2D eigenvalue weighted by Crippen LogP contribution is 2.44. The maximum absolute atomic E-state index is 13.3. The van der Waals surface area contributed by atoms with Gasteiger partial charge in [-0.15, -0.1) is 11.3 Å². The number of benzene rings is 1. The summed E-state index contributed by atoms with van der Waals surface area (Å²) in [6, 6.07) is 5.01. The van der Waals surface area contributed by atoms with Crippen molar-refractivity contribution in [2.75, 3.05) is 0 Å². The molecule has 2 N–H and O–H groups in total. The van der Waals surface area contributed by atoms with Crippen LogP contribution < -0.4 is 5.73 Å². The fraction of sp³-hybridized carbons (Fsp3) is 0.471. The summed E-state index contributed by atoms with van der Waals surface area (Å²) in [5.41, 5.74) is 9.62. The first-order chi connectivity index (χ1) is 10.2. The van der Waals surface area contributed by atoms with Gasteiger partial charge in [-0.05, 0) is 36.6 Å². The van der Waals surface area contributed by atoms with Crippen molar-refractivity contribution in [3.8, 4) is 11.3 Å². The molecule has 1 aromatic heterocycles. The number of rotatable bonds is 1. The van der Waals surface area contributed by atoms with Gasteiger partial charge in [0.2, 0.25) is 0 Å². The maximum atomic E-state index is 13.3. The summed E-state index contributed by atoms with van der Waals surface area (Å²) in [5, 5.41) is 1.09. The molecule has 0 saturated heterocycles. The molecule has 0 aliphatic heterocycles. The number of fused-ring (bicyclic) bond motifs is 3. The van der Waals surface area contributed by atoms with E-state index in [2.05, 4.69) is 0 Å². The van der Waals surface area contributed by atoms with Gasteiger partial charge in [0.05, 0.1) is 11.2 Å². The third-order valence-electron chi connectivity index (χ3n) is 4.79. The molecule has 1 saturated carbocycles. The molecule has 0 unspecified atom stereocenters. The Morgan fingerprint density at radius 3 is 2.67 bits per heavy atom. The predicted molar refractivity (Wildman–Crippen MR) is 83.9 cm³/mol. The molecular weight excluding hydrogens is 283 g/mol. The Morgan fingerprint density at radius 1 is 1.14 bits per heavy atom. The van der Waals surface area contributed by atoms with Crippen LogP contribution >= 0.6 is 11.3 Å². The van der Waals surface area contributed by atoms with Gasteiger partial charge < -0.3 is 5.73 Å². The van der Waals surface area contributed by atoms with Gasteiger partial charge >= 0.3 is 0 Å². The van der Waals surface area contributed by atoms with Crippen molar-refractivity contribution in [1.82, 2.24) is 4.98 Å². The van der Waals surface area contributed by atoms with Gasteiger partial charge in [-0.25, -0.2) is 9.37 Å². The lowest BCUT2D eigenvalue weighted by Gasteiger charge is -2.25. The minimum atomic E-state index is -0.244. The molecular formula is C17H19FN2S. The third-order valence-corrected chi connectivity index (χ3v) is 6.07. The van der Waals surface area contributed by atoms with Crippen LogP contribution in [0, 0.1) is 5.82 Å². The molecule has 2 aromatic rings. The van der Waals surface area contributed by atoms with E-state index in [-0.39, 0.29) is 11.4 Å². The lowest BCUT2D eigenvalue weighted by Crippen LogP contribution is -2.35. The molecule has 0 radical (unpaired) electrons. The third kappa shape index (κ3) is 2.21. The van der Waals surface area contributed by atoms with Crippen LogP contribution in [0.15, 0.2) is 18.2 Å². The van der Waals surface area contributed by atoms with Crippen LogP contribution in [-0.2, 0) is 12.0 Å². The highest BCUT2D eigenvalue weighted by atomic mass is 32.1. The van der Waals surface area contributed by atoms with Gasteiger partial charge in [-0.2, -0.15) is 0 Å². The van der Waals surface area contributed by atoms with Crippen molar-refractivity contribution in [2.24, 2.45) is 5.73 Å². The summed E-state index contributed by atoms with van der Waals surface area (Å²) in [4.78, 5) is 6.12. The van der Waals surface area contributed by atoms with Crippen molar-refractivity contribution in [2.45, 2.75) is 50.5 Å². The highest BCUT2D eigenvalue weighted by Gasteiger charge is 2.34. The summed E-state index contributed by atoms with van der Waals surface area (Å²) in [7, 11) is 0. The number of hydrogen-bond acceptors (Lipinski definition) is 3. The summed E-state index contributed by atoms with van der Waals surface area (Å²) in [6.07, 6.45) is 7.84. The highest BCUT2D eigenvalue weighted by molar-refractivity contribution is 7.12. The van der Waals surface area contributed by atoms with Gasteiger partial charge in [0.25, 0.3) is 0 Å². The van der Waals surface area contributed by atoms with Gasteiger partial charge in [-0.1, -0.05) is 25.7 Å². The van der Waals surface area contributed by atoms with E-state index in [1.165, 1.54) is 36.6 Å². The first-order valence-corrected chi connectivity index (χ1v) is 8.55. The number of nitrogens with zero attached hydrogens (tertiary/aromatic N) is 1. The first kappa shape index (κ1) is 13.4. The maximum Gasteiger partial charge on any atom is 0.123 e. The Hall–Kier alpha value is -1.26. The summed E-state index contributed by atoms with van der Waals surface area (Å²) in [6.45, 7) is 0. The van der Waals surface area contributed by atoms with Crippen LogP contribution in [0.25, 0.3) is 11.3 Å². The molecule has 1 heterocycles. The van der Waals surface area contributed by atoms with Gasteiger partial charge in [-0.3, -0.25) is 0 Å². The summed E-state index contributed by atoms with van der Waals surface area (Å²) in [5.74, 6) is -0.164. The molecule has 0 spiro atoms. The van der Waals surface area contributed by atoms with Crippen LogP contribution in [0.1, 0.15) is 54.0 Å². The normalized spacial score (nSPS) is 19.9. The summed E-state index contributed by atoms with van der Waals surface area (Å²) >= 11 is 1.74. The van der Waals surface area contributed by atoms with Crippen LogP contribution in [0.3, 0.4) is 0 Å². The van der Waals surface area contributed by atoms with Gasteiger partial charge in [0.15, 0.2) is 0 Å². The van der Waals surface area contributed by atoms with Crippen LogP contribution in [0.5, 0.6) is 0 Å². The lowest BCUT2D eigenvalue weighted by molar-refractivity contribution is 0.384. The Bertz CT molecular complexity index is 684. The topological polar surface area (TPSA) is 38.9 Å². The number of hydrogen-bond donors (Lipinski definition) is 1. The zero-order chi connectivity index (χ0) is 14.4. The number of thiazole rings is 1. The van der Waals surface area contributed by atoms with E-state index in [4.69, 9.17) is 10.7 Å². The molecule has 0 atom stereocenters. The standard InChI is InChI=1S/C17H19FN2S/c18-12-5-6-13-11(9-12)10-14-15(13)20-16(21-14)17(19)7-3-1-2-4-8-17/h5-6,9H,1-4,7-8,10,19H2. The smallest absolute Gasteiger partial charge is 0.123 e. The summed E-state index contributed by atoms with van der Waals surface area (Å²) < 4.78 is 13.3. The van der Waals surface area contributed by atoms with Crippen molar-refractivity contribution in [3.05, 3.63) is 39.5 Å². The monoisotopic (exact) mass is 302 g/mol. The fourth-order valence-corrected chi connectivity index (χ4v) is 4.84. The zero-order valence-electron chi connectivity index (χ0n) is 12.0.